The molecule has 0 aromatic heterocycles. The van der Waals surface area contributed by atoms with E-state index in [1.165, 1.54) is 12.1 Å². The number of hydrogen-bond acceptors (Lipinski definition) is 5. The number of aliphatic hydroxyl groups excluding tert-OH is 1. The second-order valence-electron chi connectivity index (χ2n) is 3.75. The molecule has 0 atom stereocenters. The van der Waals surface area contributed by atoms with Crippen molar-refractivity contribution >= 4 is 5.97 Å². The molecule has 0 fully saturated rings. The first-order valence-electron chi connectivity index (χ1n) is 5.79. The number of benzene rings is 1. The third-order valence-corrected chi connectivity index (χ3v) is 2.39. The number of alkyl halides is 2. The number of carbonyl (C=O) groups excluding carboxylic acids is 1. The lowest BCUT2D eigenvalue weighted by Gasteiger charge is -2.14. The Morgan fingerprint density at radius 1 is 1.45 bits per heavy atom. The van der Waals surface area contributed by atoms with Gasteiger partial charge in [0.25, 0.3) is 0 Å². The Morgan fingerprint density at radius 2 is 2.10 bits per heavy atom. The summed E-state index contributed by atoms with van der Waals surface area (Å²) in [5.74, 6) is -0.930. The highest BCUT2D eigenvalue weighted by Gasteiger charge is 2.18. The summed E-state index contributed by atoms with van der Waals surface area (Å²) in [4.78, 5) is 11.4. The van der Waals surface area contributed by atoms with Gasteiger partial charge in [0.2, 0.25) is 0 Å². The van der Waals surface area contributed by atoms with Crippen LogP contribution in [0.2, 0.25) is 0 Å². The fourth-order valence-corrected chi connectivity index (χ4v) is 1.68. The molecule has 108 valence electrons. The van der Waals surface area contributed by atoms with Gasteiger partial charge in [-0.1, -0.05) is 0 Å². The Morgan fingerprint density at radius 3 is 2.60 bits per heavy atom. The monoisotopic (exact) mass is 285 g/mol. The fourth-order valence-electron chi connectivity index (χ4n) is 1.68. The molecule has 7 heteroatoms. The molecule has 1 aromatic carbocycles. The minimum Gasteiger partial charge on any atom is -0.466 e. The van der Waals surface area contributed by atoms with E-state index in [1.54, 1.807) is 6.92 Å². The van der Waals surface area contributed by atoms with Crippen molar-refractivity contribution in [1.82, 2.24) is 0 Å². The first-order chi connectivity index (χ1) is 9.51. The molecule has 0 aliphatic carbocycles. The SMILES string of the molecule is CCOC(=O)Cc1cc(C#N)cc(CO)c1OC(F)F. The maximum absolute atomic E-state index is 12.4. The van der Waals surface area contributed by atoms with Crippen molar-refractivity contribution in [2.24, 2.45) is 0 Å². The molecule has 20 heavy (non-hydrogen) atoms. The Bertz CT molecular complexity index is 526. The second-order valence-corrected chi connectivity index (χ2v) is 3.75. The second kappa shape index (κ2) is 7.40. The number of carbonyl (C=O) groups is 1. The number of nitrogens with zero attached hydrogens (tertiary/aromatic N) is 1. The summed E-state index contributed by atoms with van der Waals surface area (Å²) < 4.78 is 33.9. The minimum atomic E-state index is -3.10. The van der Waals surface area contributed by atoms with Crippen LogP contribution in [0.4, 0.5) is 8.78 Å². The van der Waals surface area contributed by atoms with E-state index in [4.69, 9.17) is 15.1 Å². The number of aliphatic hydroxyl groups is 1. The van der Waals surface area contributed by atoms with Crippen LogP contribution in [0.3, 0.4) is 0 Å². The number of ether oxygens (including phenoxy) is 2. The Labute approximate surface area is 114 Å². The van der Waals surface area contributed by atoms with Crippen molar-refractivity contribution in [3.8, 4) is 11.8 Å². The maximum Gasteiger partial charge on any atom is 0.387 e. The van der Waals surface area contributed by atoms with Gasteiger partial charge in [0, 0.05) is 11.1 Å². The number of nitriles is 1. The zero-order valence-electron chi connectivity index (χ0n) is 10.7. The van der Waals surface area contributed by atoms with Gasteiger partial charge < -0.3 is 14.6 Å². The Kier molecular flexibility index (Phi) is 5.87. The fraction of sp³-hybridized carbons (Fsp3) is 0.385. The Balaban J connectivity index is 3.22. The zero-order chi connectivity index (χ0) is 15.1. The van der Waals surface area contributed by atoms with Gasteiger partial charge in [0.1, 0.15) is 5.75 Å². The molecule has 0 unspecified atom stereocenters. The summed E-state index contributed by atoms with van der Waals surface area (Å²) in [7, 11) is 0. The van der Waals surface area contributed by atoms with Crippen molar-refractivity contribution in [3.63, 3.8) is 0 Å². The summed E-state index contributed by atoms with van der Waals surface area (Å²) in [6.07, 6.45) is -0.321. The van der Waals surface area contributed by atoms with Crippen LogP contribution in [0.1, 0.15) is 23.6 Å². The van der Waals surface area contributed by atoms with E-state index < -0.39 is 19.2 Å². The van der Waals surface area contributed by atoms with Crippen LogP contribution in [-0.2, 0) is 22.6 Å². The molecular formula is C13H13F2NO4. The number of halogens is 2. The number of esters is 1. The van der Waals surface area contributed by atoms with Gasteiger partial charge in [0.15, 0.2) is 0 Å². The smallest absolute Gasteiger partial charge is 0.387 e. The van der Waals surface area contributed by atoms with Crippen LogP contribution < -0.4 is 4.74 Å². The van der Waals surface area contributed by atoms with E-state index in [0.29, 0.717) is 0 Å². The molecule has 0 radical (unpaired) electrons. The summed E-state index contributed by atoms with van der Waals surface area (Å²) in [6.45, 7) is -1.93. The van der Waals surface area contributed by atoms with Crippen molar-refractivity contribution in [2.45, 2.75) is 26.6 Å². The van der Waals surface area contributed by atoms with Gasteiger partial charge in [-0.25, -0.2) is 0 Å². The standard InChI is InChI=1S/C13H13F2NO4/c1-2-19-11(18)5-9-3-8(6-16)4-10(7-17)12(9)20-13(14)15/h3-4,13,17H,2,5,7H2,1H3. The predicted molar refractivity (Wildman–Crippen MR) is 64.0 cm³/mol. The average molecular weight is 285 g/mol. The van der Waals surface area contributed by atoms with Crippen molar-refractivity contribution in [3.05, 3.63) is 28.8 Å². The van der Waals surface area contributed by atoms with Gasteiger partial charge in [-0.15, -0.1) is 0 Å². The topological polar surface area (TPSA) is 79.6 Å². The number of rotatable bonds is 6. The highest BCUT2D eigenvalue weighted by Crippen LogP contribution is 2.28. The molecule has 0 amide bonds. The third kappa shape index (κ3) is 4.17. The molecule has 1 N–H and O–H groups in total. The zero-order valence-corrected chi connectivity index (χ0v) is 10.7. The molecule has 1 aromatic rings. The maximum atomic E-state index is 12.4. The van der Waals surface area contributed by atoms with E-state index in [-0.39, 0.29) is 35.5 Å². The lowest BCUT2D eigenvalue weighted by atomic mass is 10.0. The van der Waals surface area contributed by atoms with Gasteiger partial charge in [-0.3, -0.25) is 4.79 Å². The summed E-state index contributed by atoms with van der Waals surface area (Å²) in [5, 5.41) is 18.0. The quantitative estimate of drug-likeness (QED) is 0.806. The normalized spacial score (nSPS) is 10.2. The molecule has 0 aliphatic rings. The highest BCUT2D eigenvalue weighted by molar-refractivity contribution is 5.74. The molecule has 0 aliphatic heterocycles. The van der Waals surface area contributed by atoms with Gasteiger partial charge in [0.05, 0.1) is 31.3 Å². The first-order valence-corrected chi connectivity index (χ1v) is 5.79. The van der Waals surface area contributed by atoms with E-state index in [9.17, 15) is 13.6 Å². The summed E-state index contributed by atoms with van der Waals surface area (Å²) >= 11 is 0. The molecule has 0 bridgehead atoms. The molecule has 5 nitrogen and oxygen atoms in total. The van der Waals surface area contributed by atoms with Crippen LogP contribution in [0.5, 0.6) is 5.75 Å². The van der Waals surface area contributed by atoms with Crippen molar-refractivity contribution in [2.75, 3.05) is 6.61 Å². The average Bonchev–Trinajstić information content (AvgIpc) is 2.40. The van der Waals surface area contributed by atoms with Crippen LogP contribution in [0.25, 0.3) is 0 Å². The van der Waals surface area contributed by atoms with E-state index in [0.717, 1.165) is 0 Å². The molecular weight excluding hydrogens is 272 g/mol. The van der Waals surface area contributed by atoms with Crippen molar-refractivity contribution in [1.29, 1.82) is 5.26 Å². The number of hydrogen-bond donors (Lipinski definition) is 1. The molecule has 0 heterocycles. The predicted octanol–water partition coefficient (Wildman–Crippen LogP) is 1.76. The van der Waals surface area contributed by atoms with Gasteiger partial charge in [-0.2, -0.15) is 14.0 Å². The van der Waals surface area contributed by atoms with Gasteiger partial charge >= 0.3 is 12.6 Å². The van der Waals surface area contributed by atoms with Crippen LogP contribution in [-0.4, -0.2) is 24.3 Å². The molecule has 0 saturated heterocycles. The molecule has 1 rings (SSSR count). The van der Waals surface area contributed by atoms with Gasteiger partial charge in [-0.05, 0) is 19.1 Å². The molecule has 0 saturated carbocycles. The van der Waals surface area contributed by atoms with Crippen LogP contribution in [0.15, 0.2) is 12.1 Å². The van der Waals surface area contributed by atoms with E-state index in [2.05, 4.69) is 4.74 Å². The van der Waals surface area contributed by atoms with E-state index >= 15 is 0 Å². The summed E-state index contributed by atoms with van der Waals surface area (Å²) in [5.41, 5.74) is 0.227. The van der Waals surface area contributed by atoms with Crippen molar-refractivity contribution < 1.29 is 28.2 Å². The third-order valence-electron chi connectivity index (χ3n) is 2.39. The largest absolute Gasteiger partial charge is 0.466 e. The Hall–Kier alpha value is -2.20. The van der Waals surface area contributed by atoms with E-state index in [1.807, 2.05) is 6.07 Å². The summed E-state index contributed by atoms with van der Waals surface area (Å²) in [6, 6.07) is 4.31. The first kappa shape index (κ1) is 15.9. The molecule has 0 spiro atoms. The lowest BCUT2D eigenvalue weighted by Crippen LogP contribution is -2.12. The van der Waals surface area contributed by atoms with Crippen LogP contribution >= 0.6 is 0 Å². The lowest BCUT2D eigenvalue weighted by molar-refractivity contribution is -0.142. The van der Waals surface area contributed by atoms with Crippen LogP contribution in [0, 0.1) is 11.3 Å². The highest BCUT2D eigenvalue weighted by atomic mass is 19.3. The minimum absolute atomic E-state index is 0.0173.